The molecule has 6 heteroatoms. The van der Waals surface area contributed by atoms with Crippen LogP contribution in [0.2, 0.25) is 0 Å². The van der Waals surface area contributed by atoms with Gasteiger partial charge in [-0.15, -0.1) is 11.3 Å². The van der Waals surface area contributed by atoms with Gasteiger partial charge in [-0.05, 0) is 36.3 Å². The van der Waals surface area contributed by atoms with E-state index >= 15 is 0 Å². The molecule has 0 amide bonds. The van der Waals surface area contributed by atoms with Crippen LogP contribution in [0.5, 0.6) is 0 Å². The van der Waals surface area contributed by atoms with Crippen LogP contribution < -0.4 is 5.73 Å². The maximum absolute atomic E-state index is 12.2. The lowest BCUT2D eigenvalue weighted by Crippen LogP contribution is -2.61. The first kappa shape index (κ1) is 14.5. The Morgan fingerprint density at radius 2 is 2.35 bits per heavy atom. The lowest BCUT2D eigenvalue weighted by Gasteiger charge is -2.45. The van der Waals surface area contributed by atoms with Crippen LogP contribution in [0.1, 0.15) is 29.7 Å². The molecule has 1 aromatic heterocycles. The molecule has 112 valence electrons. The van der Waals surface area contributed by atoms with Crippen molar-refractivity contribution >= 4 is 21.2 Å². The van der Waals surface area contributed by atoms with Gasteiger partial charge < -0.3 is 5.73 Å². The van der Waals surface area contributed by atoms with Gasteiger partial charge in [-0.1, -0.05) is 6.42 Å². The second-order valence-corrected chi connectivity index (χ2v) is 9.29. The summed E-state index contributed by atoms with van der Waals surface area (Å²) in [6.45, 7) is 2.21. The molecule has 1 aliphatic carbocycles. The summed E-state index contributed by atoms with van der Waals surface area (Å²) in [5, 5.41) is 1.83. The standard InChI is InChI=1S/C14H22N2O2S2/c1-20(17,18)13-3-2-6-14(13,10-15)16-7-4-12-11(9-16)5-8-19-12/h5,8,13H,2-4,6-7,9-10,15H2,1H3. The van der Waals surface area contributed by atoms with E-state index in [1.54, 1.807) is 11.3 Å². The second kappa shape index (κ2) is 5.09. The zero-order valence-corrected chi connectivity index (χ0v) is 13.5. The quantitative estimate of drug-likeness (QED) is 0.916. The highest BCUT2D eigenvalue weighted by Crippen LogP contribution is 2.41. The normalized spacial score (nSPS) is 31.4. The van der Waals surface area contributed by atoms with E-state index in [2.05, 4.69) is 16.3 Å². The maximum atomic E-state index is 12.2. The van der Waals surface area contributed by atoms with Gasteiger partial charge in [0.1, 0.15) is 0 Å². The molecule has 2 atom stereocenters. The van der Waals surface area contributed by atoms with Crippen LogP contribution in [0.15, 0.2) is 11.4 Å². The van der Waals surface area contributed by atoms with Gasteiger partial charge in [-0.2, -0.15) is 0 Å². The molecule has 20 heavy (non-hydrogen) atoms. The predicted octanol–water partition coefficient (Wildman–Crippen LogP) is 1.40. The van der Waals surface area contributed by atoms with Crippen molar-refractivity contribution in [2.24, 2.45) is 5.73 Å². The second-order valence-electron chi connectivity index (χ2n) is 6.06. The summed E-state index contributed by atoms with van der Waals surface area (Å²) in [5.74, 6) is 0. The molecule has 3 rings (SSSR count). The fourth-order valence-corrected chi connectivity index (χ4v) is 6.63. The Hall–Kier alpha value is -0.430. The molecule has 1 aliphatic heterocycles. The zero-order valence-electron chi connectivity index (χ0n) is 11.8. The molecule has 0 saturated heterocycles. The maximum Gasteiger partial charge on any atom is 0.152 e. The van der Waals surface area contributed by atoms with Crippen LogP contribution in [0.25, 0.3) is 0 Å². The van der Waals surface area contributed by atoms with E-state index in [9.17, 15) is 8.42 Å². The summed E-state index contributed by atoms with van der Waals surface area (Å²) >= 11 is 1.81. The van der Waals surface area contributed by atoms with E-state index in [0.29, 0.717) is 6.54 Å². The van der Waals surface area contributed by atoms with Gasteiger partial charge in [0, 0.05) is 30.8 Å². The van der Waals surface area contributed by atoms with Crippen LogP contribution in [-0.4, -0.2) is 43.5 Å². The molecule has 0 bridgehead atoms. The van der Waals surface area contributed by atoms with Crippen molar-refractivity contribution in [2.75, 3.05) is 19.3 Å². The average Bonchev–Trinajstić information content (AvgIpc) is 3.04. The summed E-state index contributed by atoms with van der Waals surface area (Å²) in [6.07, 6.45) is 5.00. The van der Waals surface area contributed by atoms with Gasteiger partial charge >= 0.3 is 0 Å². The number of nitrogens with two attached hydrogens (primary N) is 1. The highest BCUT2D eigenvalue weighted by Gasteiger charge is 2.51. The number of sulfone groups is 1. The summed E-state index contributed by atoms with van der Waals surface area (Å²) in [7, 11) is -3.05. The molecule has 2 unspecified atom stereocenters. The number of thiophene rings is 1. The Morgan fingerprint density at radius 1 is 1.55 bits per heavy atom. The van der Waals surface area contributed by atoms with E-state index in [1.807, 2.05) is 0 Å². The van der Waals surface area contributed by atoms with Crippen LogP contribution in [-0.2, 0) is 22.8 Å². The molecule has 1 saturated carbocycles. The van der Waals surface area contributed by atoms with E-state index < -0.39 is 9.84 Å². The highest BCUT2D eigenvalue weighted by molar-refractivity contribution is 7.91. The molecule has 4 nitrogen and oxygen atoms in total. The Morgan fingerprint density at radius 3 is 3.05 bits per heavy atom. The molecule has 2 heterocycles. The Labute approximate surface area is 124 Å². The van der Waals surface area contributed by atoms with Gasteiger partial charge in [0.25, 0.3) is 0 Å². The van der Waals surface area contributed by atoms with Crippen LogP contribution in [0.4, 0.5) is 0 Å². The first-order valence-electron chi connectivity index (χ1n) is 7.16. The molecular weight excluding hydrogens is 292 g/mol. The van der Waals surface area contributed by atoms with Gasteiger partial charge in [0.2, 0.25) is 0 Å². The first-order chi connectivity index (χ1) is 9.47. The third-order valence-electron chi connectivity index (χ3n) is 4.98. The minimum absolute atomic E-state index is 0.305. The largest absolute Gasteiger partial charge is 0.329 e. The molecule has 1 fully saturated rings. The number of hydrogen-bond donors (Lipinski definition) is 1. The Kier molecular flexibility index (Phi) is 3.69. The number of hydrogen-bond acceptors (Lipinski definition) is 5. The van der Waals surface area contributed by atoms with Crippen molar-refractivity contribution in [1.29, 1.82) is 0 Å². The van der Waals surface area contributed by atoms with Crippen molar-refractivity contribution in [3.05, 3.63) is 21.9 Å². The number of fused-ring (bicyclic) bond motifs is 1. The predicted molar refractivity (Wildman–Crippen MR) is 82.7 cm³/mol. The molecule has 2 N–H and O–H groups in total. The van der Waals surface area contributed by atoms with Gasteiger partial charge in [0.05, 0.1) is 10.8 Å². The topological polar surface area (TPSA) is 63.4 Å². The third-order valence-corrected chi connectivity index (χ3v) is 7.71. The average molecular weight is 314 g/mol. The lowest BCUT2D eigenvalue weighted by molar-refractivity contribution is 0.0876. The van der Waals surface area contributed by atoms with Crippen LogP contribution >= 0.6 is 11.3 Å². The van der Waals surface area contributed by atoms with Crippen molar-refractivity contribution < 1.29 is 8.42 Å². The summed E-state index contributed by atoms with van der Waals surface area (Å²) in [4.78, 5) is 3.79. The van der Waals surface area contributed by atoms with Crippen molar-refractivity contribution in [3.63, 3.8) is 0 Å². The lowest BCUT2D eigenvalue weighted by atomic mass is 9.92. The molecular formula is C14H22N2O2S2. The first-order valence-corrected chi connectivity index (χ1v) is 10.00. The summed E-state index contributed by atoms with van der Waals surface area (Å²) in [6, 6.07) is 2.17. The Balaban J connectivity index is 1.94. The highest BCUT2D eigenvalue weighted by atomic mass is 32.2. The molecule has 2 aliphatic rings. The summed E-state index contributed by atoms with van der Waals surface area (Å²) in [5.41, 5.74) is 7.08. The minimum atomic E-state index is -3.05. The molecule has 1 aromatic rings. The van der Waals surface area contributed by atoms with Crippen molar-refractivity contribution in [3.8, 4) is 0 Å². The van der Waals surface area contributed by atoms with Gasteiger partial charge in [-0.3, -0.25) is 4.90 Å². The van der Waals surface area contributed by atoms with Crippen molar-refractivity contribution in [1.82, 2.24) is 4.90 Å². The molecule has 0 spiro atoms. The molecule has 0 radical (unpaired) electrons. The minimum Gasteiger partial charge on any atom is -0.329 e. The van der Waals surface area contributed by atoms with Gasteiger partial charge in [0.15, 0.2) is 9.84 Å². The van der Waals surface area contributed by atoms with Gasteiger partial charge in [-0.25, -0.2) is 8.42 Å². The monoisotopic (exact) mass is 314 g/mol. The van der Waals surface area contributed by atoms with E-state index in [4.69, 9.17) is 5.73 Å². The number of rotatable bonds is 3. The third kappa shape index (κ3) is 2.22. The fourth-order valence-electron chi connectivity index (χ4n) is 3.99. The SMILES string of the molecule is CS(=O)(=O)C1CCCC1(CN)N1CCc2sccc2C1. The fraction of sp³-hybridized carbons (Fsp3) is 0.714. The van der Waals surface area contributed by atoms with E-state index in [0.717, 1.165) is 38.8 Å². The van der Waals surface area contributed by atoms with Crippen LogP contribution in [0, 0.1) is 0 Å². The number of nitrogens with zero attached hydrogens (tertiary/aromatic N) is 1. The Bertz CT molecular complexity index is 596. The van der Waals surface area contributed by atoms with E-state index in [1.165, 1.54) is 16.7 Å². The van der Waals surface area contributed by atoms with Crippen molar-refractivity contribution in [2.45, 2.75) is 43.0 Å². The molecule has 0 aromatic carbocycles. The zero-order chi connectivity index (χ0) is 14.4. The van der Waals surface area contributed by atoms with E-state index in [-0.39, 0.29) is 10.8 Å². The smallest absolute Gasteiger partial charge is 0.152 e. The summed E-state index contributed by atoms with van der Waals surface area (Å²) < 4.78 is 24.3. The van der Waals surface area contributed by atoms with Crippen LogP contribution in [0.3, 0.4) is 0 Å².